The van der Waals surface area contributed by atoms with Crippen molar-refractivity contribution >= 4 is 11.0 Å². The lowest BCUT2D eigenvalue weighted by molar-refractivity contribution is -0.906. The highest BCUT2D eigenvalue weighted by molar-refractivity contribution is 5.85. The smallest absolute Gasteiger partial charge is 0.200 e. The Bertz CT molecular complexity index is 1060. The number of nitrogens with one attached hydrogen (secondary N) is 1. The van der Waals surface area contributed by atoms with Gasteiger partial charge in [0.15, 0.2) is 0 Å². The van der Waals surface area contributed by atoms with Gasteiger partial charge in [0, 0.05) is 5.56 Å². The average Bonchev–Trinajstić information content (AvgIpc) is 2.77. The third kappa shape index (κ3) is 4.21. The molecule has 3 aromatic rings. The maximum Gasteiger partial charge on any atom is 0.200 e. The Labute approximate surface area is 177 Å². The number of ether oxygens (including phenoxy) is 2. The van der Waals surface area contributed by atoms with Crippen LogP contribution in [0, 0.1) is 12.8 Å². The van der Waals surface area contributed by atoms with Crippen molar-refractivity contribution in [3.05, 3.63) is 58.4 Å². The number of quaternary nitrogens is 1. The van der Waals surface area contributed by atoms with Crippen molar-refractivity contribution in [1.82, 2.24) is 0 Å². The van der Waals surface area contributed by atoms with Crippen molar-refractivity contribution in [2.75, 3.05) is 33.4 Å². The van der Waals surface area contributed by atoms with Crippen LogP contribution in [-0.4, -0.2) is 33.4 Å². The minimum absolute atomic E-state index is 0.0389. The SMILES string of the molecule is COc1ccc(-c2coc3c(C)c(OCC[NH+]4CCC(C)CC4)ccc3c2=O)cc1. The van der Waals surface area contributed by atoms with Crippen molar-refractivity contribution < 1.29 is 18.8 Å². The third-order valence-corrected chi connectivity index (χ3v) is 6.24. The van der Waals surface area contributed by atoms with E-state index < -0.39 is 0 Å². The highest BCUT2D eigenvalue weighted by atomic mass is 16.5. The Morgan fingerprint density at radius 1 is 1.10 bits per heavy atom. The van der Waals surface area contributed by atoms with Gasteiger partial charge in [-0.2, -0.15) is 0 Å². The molecular weight excluding hydrogens is 378 g/mol. The van der Waals surface area contributed by atoms with Crippen molar-refractivity contribution in [2.45, 2.75) is 26.7 Å². The summed E-state index contributed by atoms with van der Waals surface area (Å²) in [6.45, 7) is 8.41. The summed E-state index contributed by atoms with van der Waals surface area (Å²) in [5.41, 5.74) is 2.77. The van der Waals surface area contributed by atoms with Gasteiger partial charge in [-0.15, -0.1) is 0 Å². The number of hydrogen-bond acceptors (Lipinski definition) is 4. The summed E-state index contributed by atoms with van der Waals surface area (Å²) >= 11 is 0. The van der Waals surface area contributed by atoms with Crippen LogP contribution >= 0.6 is 0 Å². The summed E-state index contributed by atoms with van der Waals surface area (Å²) in [5, 5.41) is 0.573. The Kier molecular flexibility index (Phi) is 6.09. The summed E-state index contributed by atoms with van der Waals surface area (Å²) in [4.78, 5) is 14.7. The molecule has 0 bridgehead atoms. The molecule has 4 rings (SSSR count). The van der Waals surface area contributed by atoms with Gasteiger partial charge < -0.3 is 18.8 Å². The Morgan fingerprint density at radius 2 is 1.83 bits per heavy atom. The first-order valence-corrected chi connectivity index (χ1v) is 10.7. The van der Waals surface area contributed by atoms with E-state index in [0.29, 0.717) is 23.1 Å². The standard InChI is InChI=1S/C25H29NO4/c1-17-10-12-26(13-11-17)14-15-29-23-9-8-21-24(27)22(16-30-25(21)18(23)2)19-4-6-20(28-3)7-5-19/h4-9,16-17H,10-15H2,1-3H3/p+1. The molecule has 1 fully saturated rings. The van der Waals surface area contributed by atoms with Gasteiger partial charge >= 0.3 is 0 Å². The quantitative estimate of drug-likeness (QED) is 0.679. The zero-order valence-corrected chi connectivity index (χ0v) is 18.0. The summed E-state index contributed by atoms with van der Waals surface area (Å²) in [6, 6.07) is 11.1. The first-order valence-electron chi connectivity index (χ1n) is 10.7. The molecule has 1 aromatic heterocycles. The lowest BCUT2D eigenvalue weighted by Gasteiger charge is -2.27. The fourth-order valence-corrected chi connectivity index (χ4v) is 4.17. The largest absolute Gasteiger partial charge is 0.497 e. The minimum Gasteiger partial charge on any atom is -0.497 e. The zero-order chi connectivity index (χ0) is 21.1. The fraction of sp³-hybridized carbons (Fsp3) is 0.400. The number of benzene rings is 2. The molecule has 1 N–H and O–H groups in total. The Hall–Kier alpha value is -2.79. The molecule has 1 aliphatic heterocycles. The molecule has 5 heteroatoms. The van der Waals surface area contributed by atoms with Crippen LogP contribution in [0.2, 0.25) is 0 Å². The minimum atomic E-state index is -0.0389. The monoisotopic (exact) mass is 408 g/mol. The van der Waals surface area contributed by atoms with Crippen molar-refractivity contribution in [1.29, 1.82) is 0 Å². The molecule has 1 aliphatic rings. The van der Waals surface area contributed by atoms with Gasteiger partial charge in [0.1, 0.15) is 36.5 Å². The molecule has 30 heavy (non-hydrogen) atoms. The molecule has 2 aromatic carbocycles. The number of hydrogen-bond donors (Lipinski definition) is 1. The van der Waals surface area contributed by atoms with Gasteiger partial charge in [0.25, 0.3) is 0 Å². The number of fused-ring (bicyclic) bond motifs is 1. The summed E-state index contributed by atoms with van der Waals surface area (Å²) < 4.78 is 17.1. The topological polar surface area (TPSA) is 53.1 Å². The van der Waals surface area contributed by atoms with E-state index in [1.165, 1.54) is 25.9 Å². The predicted octanol–water partition coefficient (Wildman–Crippen LogP) is 3.47. The molecule has 5 nitrogen and oxygen atoms in total. The van der Waals surface area contributed by atoms with Crippen LogP contribution in [0.25, 0.3) is 22.1 Å². The first-order chi connectivity index (χ1) is 14.6. The second-order valence-electron chi connectivity index (χ2n) is 8.30. The number of piperidine rings is 1. The van der Waals surface area contributed by atoms with E-state index in [4.69, 9.17) is 13.9 Å². The zero-order valence-electron chi connectivity index (χ0n) is 18.0. The van der Waals surface area contributed by atoms with Crippen LogP contribution in [0.4, 0.5) is 0 Å². The number of methoxy groups -OCH3 is 1. The van der Waals surface area contributed by atoms with Crippen LogP contribution in [0.3, 0.4) is 0 Å². The molecule has 0 saturated carbocycles. The van der Waals surface area contributed by atoms with Crippen LogP contribution in [-0.2, 0) is 0 Å². The molecule has 0 spiro atoms. The fourth-order valence-electron chi connectivity index (χ4n) is 4.17. The van der Waals surface area contributed by atoms with Gasteiger partial charge in [-0.05, 0) is 55.5 Å². The lowest BCUT2D eigenvalue weighted by atomic mass is 9.99. The molecule has 0 amide bonds. The summed E-state index contributed by atoms with van der Waals surface area (Å²) in [5.74, 6) is 2.39. The maximum absolute atomic E-state index is 13.1. The van der Waals surface area contributed by atoms with Crippen molar-refractivity contribution in [2.24, 2.45) is 5.92 Å². The Morgan fingerprint density at radius 3 is 2.53 bits per heavy atom. The summed E-state index contributed by atoms with van der Waals surface area (Å²) in [6.07, 6.45) is 4.14. The van der Waals surface area contributed by atoms with Gasteiger partial charge in [0.05, 0.1) is 31.1 Å². The highest BCUT2D eigenvalue weighted by Gasteiger charge is 2.19. The van der Waals surface area contributed by atoms with E-state index >= 15 is 0 Å². The second-order valence-corrected chi connectivity index (χ2v) is 8.30. The number of rotatable bonds is 6. The van der Waals surface area contributed by atoms with Gasteiger partial charge in [-0.25, -0.2) is 0 Å². The number of likely N-dealkylation sites (tertiary alicyclic amines) is 1. The normalized spacial score (nSPS) is 19.0. The van der Waals surface area contributed by atoms with Crippen molar-refractivity contribution in [3.8, 4) is 22.6 Å². The third-order valence-electron chi connectivity index (χ3n) is 6.24. The molecule has 0 aliphatic carbocycles. The van der Waals surface area contributed by atoms with Crippen LogP contribution < -0.4 is 19.8 Å². The maximum atomic E-state index is 13.1. The van der Waals surface area contributed by atoms with Gasteiger partial charge in [-0.3, -0.25) is 4.79 Å². The molecule has 1 saturated heterocycles. The molecule has 158 valence electrons. The van der Waals surface area contributed by atoms with Crippen molar-refractivity contribution in [3.63, 3.8) is 0 Å². The van der Waals surface area contributed by atoms with E-state index in [1.807, 2.05) is 43.3 Å². The van der Waals surface area contributed by atoms with E-state index in [-0.39, 0.29) is 5.43 Å². The van der Waals surface area contributed by atoms with Crippen LogP contribution in [0.1, 0.15) is 25.3 Å². The average molecular weight is 409 g/mol. The highest BCUT2D eigenvalue weighted by Crippen LogP contribution is 2.28. The molecule has 0 unspecified atom stereocenters. The lowest BCUT2D eigenvalue weighted by Crippen LogP contribution is -3.13. The molecular formula is C25H30NO4+. The molecule has 2 heterocycles. The van der Waals surface area contributed by atoms with E-state index in [1.54, 1.807) is 18.3 Å². The van der Waals surface area contributed by atoms with Crippen LogP contribution in [0.15, 0.2) is 51.9 Å². The van der Waals surface area contributed by atoms with E-state index in [9.17, 15) is 4.79 Å². The predicted molar refractivity (Wildman–Crippen MR) is 119 cm³/mol. The Balaban J connectivity index is 1.52. The second kappa shape index (κ2) is 8.92. The van der Waals surface area contributed by atoms with E-state index in [2.05, 4.69) is 6.92 Å². The molecule has 0 atom stereocenters. The van der Waals surface area contributed by atoms with Crippen LogP contribution in [0.5, 0.6) is 11.5 Å². The summed E-state index contributed by atoms with van der Waals surface area (Å²) in [7, 11) is 1.62. The first kappa shape index (κ1) is 20.5. The molecule has 0 radical (unpaired) electrons. The number of aryl methyl sites for hydroxylation is 1. The van der Waals surface area contributed by atoms with E-state index in [0.717, 1.165) is 35.1 Å². The van der Waals surface area contributed by atoms with Gasteiger partial charge in [0.2, 0.25) is 5.43 Å². The van der Waals surface area contributed by atoms with Gasteiger partial charge in [-0.1, -0.05) is 19.1 Å².